The maximum atomic E-state index is 13.0. The van der Waals surface area contributed by atoms with E-state index in [2.05, 4.69) is 0 Å². The Kier molecular flexibility index (Phi) is 3.71. The Morgan fingerprint density at radius 3 is 2.59 bits per heavy atom. The van der Waals surface area contributed by atoms with Crippen LogP contribution >= 0.6 is 11.6 Å². The van der Waals surface area contributed by atoms with Crippen LogP contribution in [0.15, 0.2) is 18.2 Å². The zero-order chi connectivity index (χ0) is 12.5. The molecule has 1 fully saturated rings. The second-order valence-corrected chi connectivity index (χ2v) is 5.25. The molecule has 1 aromatic rings. The van der Waals surface area contributed by atoms with Gasteiger partial charge in [0.1, 0.15) is 5.82 Å². The summed E-state index contributed by atoms with van der Waals surface area (Å²) < 4.78 is 13.0. The van der Waals surface area contributed by atoms with E-state index in [1.54, 1.807) is 6.07 Å². The largest absolute Gasteiger partial charge is 0.388 e. The first kappa shape index (κ1) is 12.8. The van der Waals surface area contributed by atoms with Crippen LogP contribution in [0.25, 0.3) is 0 Å². The second-order valence-electron chi connectivity index (χ2n) is 4.84. The molecule has 1 aliphatic rings. The Labute approximate surface area is 106 Å². The zero-order valence-electron chi connectivity index (χ0n) is 9.63. The first-order valence-corrected chi connectivity index (χ1v) is 6.30. The van der Waals surface area contributed by atoms with Crippen molar-refractivity contribution < 1.29 is 9.50 Å². The van der Waals surface area contributed by atoms with E-state index < -0.39 is 6.10 Å². The number of nitrogens with two attached hydrogens (primary N) is 1. The fourth-order valence-corrected chi connectivity index (χ4v) is 2.99. The van der Waals surface area contributed by atoms with Gasteiger partial charge in [-0.25, -0.2) is 4.39 Å². The van der Waals surface area contributed by atoms with Crippen molar-refractivity contribution in [2.24, 2.45) is 11.1 Å². The summed E-state index contributed by atoms with van der Waals surface area (Å²) in [5, 5.41) is 10.7. The van der Waals surface area contributed by atoms with Crippen LogP contribution < -0.4 is 5.73 Å². The van der Waals surface area contributed by atoms with Crippen LogP contribution in [0.2, 0.25) is 5.02 Å². The minimum Gasteiger partial charge on any atom is -0.388 e. The fraction of sp³-hybridized carbons (Fsp3) is 0.538. The van der Waals surface area contributed by atoms with Gasteiger partial charge in [0, 0.05) is 17.0 Å². The molecule has 0 aromatic heterocycles. The number of halogens is 2. The quantitative estimate of drug-likeness (QED) is 0.874. The van der Waals surface area contributed by atoms with Crippen LogP contribution in [0.1, 0.15) is 37.4 Å². The lowest BCUT2D eigenvalue weighted by Crippen LogP contribution is -2.34. The first-order valence-electron chi connectivity index (χ1n) is 5.92. The van der Waals surface area contributed by atoms with Crippen molar-refractivity contribution in [1.82, 2.24) is 0 Å². The van der Waals surface area contributed by atoms with Crippen molar-refractivity contribution in [2.75, 3.05) is 6.54 Å². The smallest absolute Gasteiger partial charge is 0.124 e. The Morgan fingerprint density at radius 1 is 1.41 bits per heavy atom. The standard InChI is InChI=1S/C13H17ClFNO/c14-11-7-9(15)3-4-10(11)12(17)13(8-16)5-1-2-6-13/h3-4,7,12,17H,1-2,5-6,8,16H2. The Hall–Kier alpha value is -0.640. The molecule has 94 valence electrons. The lowest BCUT2D eigenvalue weighted by Gasteiger charge is -2.33. The molecule has 0 heterocycles. The number of hydrogen-bond acceptors (Lipinski definition) is 2. The molecule has 0 saturated heterocycles. The summed E-state index contributed by atoms with van der Waals surface area (Å²) in [5.74, 6) is -0.390. The average Bonchev–Trinajstić information content (AvgIpc) is 2.78. The Balaban J connectivity index is 2.32. The van der Waals surface area contributed by atoms with Crippen molar-refractivity contribution in [3.8, 4) is 0 Å². The van der Waals surface area contributed by atoms with Gasteiger partial charge in [0.15, 0.2) is 0 Å². The third-order valence-electron chi connectivity index (χ3n) is 3.84. The number of aliphatic hydroxyl groups is 1. The molecule has 1 unspecified atom stereocenters. The third-order valence-corrected chi connectivity index (χ3v) is 4.17. The zero-order valence-corrected chi connectivity index (χ0v) is 10.4. The van der Waals surface area contributed by atoms with E-state index in [1.807, 2.05) is 0 Å². The molecule has 3 N–H and O–H groups in total. The molecule has 0 radical (unpaired) electrons. The van der Waals surface area contributed by atoms with Crippen LogP contribution in [0.4, 0.5) is 4.39 Å². The lowest BCUT2D eigenvalue weighted by atomic mass is 9.77. The predicted molar refractivity (Wildman–Crippen MR) is 66.3 cm³/mol. The molecule has 0 spiro atoms. The first-order chi connectivity index (χ1) is 8.09. The molecule has 0 bridgehead atoms. The van der Waals surface area contributed by atoms with Crippen LogP contribution in [-0.2, 0) is 0 Å². The average molecular weight is 258 g/mol. The molecule has 1 aromatic carbocycles. The minimum absolute atomic E-state index is 0.275. The third kappa shape index (κ3) is 2.32. The van der Waals surface area contributed by atoms with Gasteiger partial charge in [-0.3, -0.25) is 0 Å². The van der Waals surface area contributed by atoms with E-state index in [-0.39, 0.29) is 16.3 Å². The predicted octanol–water partition coefficient (Wildman–Crippen LogP) is 3.03. The highest BCUT2D eigenvalue weighted by Gasteiger charge is 2.40. The van der Waals surface area contributed by atoms with Gasteiger partial charge in [-0.15, -0.1) is 0 Å². The van der Waals surface area contributed by atoms with E-state index in [4.69, 9.17) is 17.3 Å². The summed E-state index contributed by atoms with van der Waals surface area (Å²) in [4.78, 5) is 0. The molecule has 17 heavy (non-hydrogen) atoms. The van der Waals surface area contributed by atoms with Crippen LogP contribution in [-0.4, -0.2) is 11.7 Å². The summed E-state index contributed by atoms with van der Waals surface area (Å²) >= 11 is 5.98. The van der Waals surface area contributed by atoms with Gasteiger partial charge >= 0.3 is 0 Å². The molecular weight excluding hydrogens is 241 g/mol. The van der Waals surface area contributed by atoms with Crippen molar-refractivity contribution >= 4 is 11.6 Å². The molecule has 1 saturated carbocycles. The maximum absolute atomic E-state index is 13.0. The summed E-state index contributed by atoms with van der Waals surface area (Å²) in [7, 11) is 0. The number of aliphatic hydroxyl groups excluding tert-OH is 1. The van der Waals surface area contributed by atoms with Gasteiger partial charge in [0.05, 0.1) is 6.10 Å². The Morgan fingerprint density at radius 2 is 2.06 bits per heavy atom. The lowest BCUT2D eigenvalue weighted by molar-refractivity contribution is 0.0333. The van der Waals surface area contributed by atoms with Gasteiger partial charge in [-0.2, -0.15) is 0 Å². The van der Waals surface area contributed by atoms with E-state index in [9.17, 15) is 9.50 Å². The van der Waals surface area contributed by atoms with Crippen LogP contribution in [0, 0.1) is 11.2 Å². The molecular formula is C13H17ClFNO. The van der Waals surface area contributed by atoms with E-state index in [0.29, 0.717) is 12.1 Å². The summed E-state index contributed by atoms with van der Waals surface area (Å²) in [6.45, 7) is 0.432. The van der Waals surface area contributed by atoms with Crippen molar-refractivity contribution in [2.45, 2.75) is 31.8 Å². The highest BCUT2D eigenvalue weighted by Crippen LogP contribution is 2.48. The summed E-state index contributed by atoms with van der Waals surface area (Å²) in [6.07, 6.45) is 3.25. The number of rotatable bonds is 3. The van der Waals surface area contributed by atoms with Crippen molar-refractivity contribution in [1.29, 1.82) is 0 Å². The topological polar surface area (TPSA) is 46.2 Å². The number of hydrogen-bond donors (Lipinski definition) is 2. The second kappa shape index (κ2) is 4.92. The molecule has 4 heteroatoms. The molecule has 0 aliphatic heterocycles. The van der Waals surface area contributed by atoms with Gasteiger partial charge in [0.2, 0.25) is 0 Å². The molecule has 0 amide bonds. The summed E-state index contributed by atoms with van der Waals surface area (Å²) in [6, 6.07) is 4.11. The van der Waals surface area contributed by atoms with E-state index in [1.165, 1.54) is 12.1 Å². The van der Waals surface area contributed by atoms with Crippen LogP contribution in [0.5, 0.6) is 0 Å². The Bertz CT molecular complexity index is 404. The molecule has 2 nitrogen and oxygen atoms in total. The molecule has 2 rings (SSSR count). The number of benzene rings is 1. The van der Waals surface area contributed by atoms with Gasteiger partial charge in [-0.05, 0) is 30.5 Å². The maximum Gasteiger partial charge on any atom is 0.124 e. The van der Waals surface area contributed by atoms with Gasteiger partial charge < -0.3 is 10.8 Å². The minimum atomic E-state index is -0.705. The fourth-order valence-electron chi connectivity index (χ4n) is 2.72. The normalized spacial score (nSPS) is 20.5. The molecule has 1 atom stereocenters. The van der Waals surface area contributed by atoms with Crippen molar-refractivity contribution in [3.05, 3.63) is 34.6 Å². The summed E-state index contributed by atoms with van der Waals surface area (Å²) in [5.41, 5.74) is 6.10. The van der Waals surface area contributed by atoms with Crippen LogP contribution in [0.3, 0.4) is 0 Å². The van der Waals surface area contributed by atoms with Gasteiger partial charge in [-0.1, -0.05) is 30.5 Å². The highest BCUT2D eigenvalue weighted by molar-refractivity contribution is 6.31. The highest BCUT2D eigenvalue weighted by atomic mass is 35.5. The SMILES string of the molecule is NCC1(C(O)c2ccc(F)cc2Cl)CCCC1. The van der Waals surface area contributed by atoms with Gasteiger partial charge in [0.25, 0.3) is 0 Å². The molecule has 1 aliphatic carbocycles. The van der Waals surface area contributed by atoms with Crippen molar-refractivity contribution in [3.63, 3.8) is 0 Å². The monoisotopic (exact) mass is 257 g/mol. The van der Waals surface area contributed by atoms with E-state index in [0.717, 1.165) is 25.7 Å². The van der Waals surface area contributed by atoms with E-state index >= 15 is 0 Å².